The van der Waals surface area contributed by atoms with Gasteiger partial charge < -0.3 is 15.3 Å². The van der Waals surface area contributed by atoms with Crippen molar-refractivity contribution in [2.24, 2.45) is 0 Å². The van der Waals surface area contributed by atoms with Crippen LogP contribution in [0.25, 0.3) is 0 Å². The van der Waals surface area contributed by atoms with Gasteiger partial charge in [0.25, 0.3) is 0 Å². The molecule has 0 radical (unpaired) electrons. The summed E-state index contributed by atoms with van der Waals surface area (Å²) in [5.41, 5.74) is 2.71. The molecule has 1 aliphatic heterocycles. The predicted octanol–water partition coefficient (Wildman–Crippen LogP) is 2.38. The number of carbonyl (C=O) groups is 2. The number of benzene rings is 1. The highest BCUT2D eigenvalue weighted by Gasteiger charge is 2.34. The third-order valence-corrected chi connectivity index (χ3v) is 3.51. The van der Waals surface area contributed by atoms with Crippen molar-refractivity contribution in [1.82, 2.24) is 4.90 Å². The first kappa shape index (κ1) is 13.4. The Hall–Kier alpha value is -2.04. The quantitative estimate of drug-likeness (QED) is 0.859. The summed E-state index contributed by atoms with van der Waals surface area (Å²) in [6, 6.07) is 4.73. The van der Waals surface area contributed by atoms with Gasteiger partial charge in [-0.15, -0.1) is 0 Å². The van der Waals surface area contributed by atoms with Crippen LogP contribution in [0, 0.1) is 13.8 Å². The van der Waals surface area contributed by atoms with Gasteiger partial charge in [-0.3, -0.25) is 0 Å². The van der Waals surface area contributed by atoms with Crippen LogP contribution in [0.4, 0.5) is 10.5 Å². The molecule has 2 rings (SSSR count). The number of likely N-dealkylation sites (tertiary alicyclic amines) is 1. The van der Waals surface area contributed by atoms with Crippen LogP contribution < -0.4 is 5.32 Å². The fourth-order valence-corrected chi connectivity index (χ4v) is 2.46. The molecule has 0 spiro atoms. The van der Waals surface area contributed by atoms with Gasteiger partial charge in [0.1, 0.15) is 6.04 Å². The number of carbonyl (C=O) groups excluding carboxylic acids is 1. The van der Waals surface area contributed by atoms with Gasteiger partial charge in [0, 0.05) is 12.2 Å². The number of hydrogen-bond acceptors (Lipinski definition) is 2. The van der Waals surface area contributed by atoms with Gasteiger partial charge in [-0.05, 0) is 37.8 Å². The maximum absolute atomic E-state index is 12.2. The lowest BCUT2D eigenvalue weighted by atomic mass is 10.1. The van der Waals surface area contributed by atoms with Crippen molar-refractivity contribution in [2.75, 3.05) is 11.9 Å². The Bertz CT molecular complexity index is 493. The zero-order chi connectivity index (χ0) is 14.0. The second kappa shape index (κ2) is 5.30. The molecular formula is C14H18N2O3. The number of aliphatic carboxylic acids is 1. The van der Waals surface area contributed by atoms with Crippen molar-refractivity contribution in [3.05, 3.63) is 29.3 Å². The van der Waals surface area contributed by atoms with Crippen molar-refractivity contribution in [2.45, 2.75) is 32.7 Å². The van der Waals surface area contributed by atoms with E-state index in [0.29, 0.717) is 13.0 Å². The Morgan fingerprint density at radius 3 is 2.53 bits per heavy atom. The number of carboxylic acids is 1. The SMILES string of the molecule is Cc1cccc(C)c1NC(=O)N1CCCC1C(=O)O. The minimum absolute atomic E-state index is 0.331. The van der Waals surface area contributed by atoms with Crippen molar-refractivity contribution in [3.63, 3.8) is 0 Å². The maximum Gasteiger partial charge on any atom is 0.326 e. The standard InChI is InChI=1S/C14H18N2O3/c1-9-5-3-6-10(2)12(9)15-14(19)16-8-4-7-11(16)13(17)18/h3,5-6,11H,4,7-8H2,1-2H3,(H,15,19)(H,17,18). The summed E-state index contributed by atoms with van der Waals surface area (Å²) in [6.07, 6.45) is 1.26. The molecule has 0 aliphatic carbocycles. The number of aryl methyl sites for hydroxylation is 2. The van der Waals surface area contributed by atoms with Gasteiger partial charge in [0.2, 0.25) is 0 Å². The van der Waals surface area contributed by atoms with Crippen molar-refractivity contribution in [3.8, 4) is 0 Å². The second-order valence-electron chi connectivity index (χ2n) is 4.89. The Morgan fingerprint density at radius 2 is 1.95 bits per heavy atom. The number of para-hydroxylation sites is 1. The molecule has 1 aliphatic rings. The van der Waals surface area contributed by atoms with E-state index in [-0.39, 0.29) is 6.03 Å². The largest absolute Gasteiger partial charge is 0.480 e. The molecule has 1 aromatic rings. The summed E-state index contributed by atoms with van der Waals surface area (Å²) in [5, 5.41) is 11.9. The molecule has 0 bridgehead atoms. The average Bonchev–Trinajstić information content (AvgIpc) is 2.83. The van der Waals surface area contributed by atoms with E-state index in [0.717, 1.165) is 23.2 Å². The molecule has 0 aromatic heterocycles. The first-order chi connectivity index (χ1) is 9.00. The van der Waals surface area contributed by atoms with Gasteiger partial charge in [0.05, 0.1) is 0 Å². The van der Waals surface area contributed by atoms with E-state index in [1.54, 1.807) is 0 Å². The number of amides is 2. The molecule has 102 valence electrons. The zero-order valence-corrected chi connectivity index (χ0v) is 11.1. The third kappa shape index (κ3) is 2.70. The first-order valence-corrected chi connectivity index (χ1v) is 6.37. The van der Waals surface area contributed by atoms with E-state index in [4.69, 9.17) is 5.11 Å². The van der Waals surface area contributed by atoms with E-state index in [1.807, 2.05) is 32.0 Å². The highest BCUT2D eigenvalue weighted by atomic mass is 16.4. The number of urea groups is 1. The Kier molecular flexibility index (Phi) is 3.74. The second-order valence-corrected chi connectivity index (χ2v) is 4.89. The normalized spacial score (nSPS) is 18.4. The molecule has 19 heavy (non-hydrogen) atoms. The van der Waals surface area contributed by atoms with Crippen molar-refractivity contribution >= 4 is 17.7 Å². The fourth-order valence-electron chi connectivity index (χ4n) is 2.46. The molecular weight excluding hydrogens is 244 g/mol. The number of anilines is 1. The highest BCUT2D eigenvalue weighted by molar-refractivity contribution is 5.94. The predicted molar refractivity (Wildman–Crippen MR) is 72.3 cm³/mol. The highest BCUT2D eigenvalue weighted by Crippen LogP contribution is 2.23. The fraction of sp³-hybridized carbons (Fsp3) is 0.429. The van der Waals surface area contributed by atoms with Crippen LogP contribution in [0.1, 0.15) is 24.0 Å². The summed E-state index contributed by atoms with van der Waals surface area (Å²) in [5.74, 6) is -0.936. The molecule has 2 amide bonds. The number of hydrogen-bond donors (Lipinski definition) is 2. The van der Waals surface area contributed by atoms with E-state index in [2.05, 4.69) is 5.32 Å². The third-order valence-electron chi connectivity index (χ3n) is 3.51. The molecule has 5 heteroatoms. The molecule has 5 nitrogen and oxygen atoms in total. The van der Waals surface area contributed by atoms with E-state index in [9.17, 15) is 9.59 Å². The molecule has 2 N–H and O–H groups in total. The molecule has 1 fully saturated rings. The minimum atomic E-state index is -0.936. The van der Waals surface area contributed by atoms with Crippen molar-refractivity contribution < 1.29 is 14.7 Å². The summed E-state index contributed by atoms with van der Waals surface area (Å²) in [6.45, 7) is 4.33. The van der Waals surface area contributed by atoms with Crippen LogP contribution in [0.5, 0.6) is 0 Å². The van der Waals surface area contributed by atoms with Crippen molar-refractivity contribution in [1.29, 1.82) is 0 Å². The monoisotopic (exact) mass is 262 g/mol. The molecule has 1 aromatic carbocycles. The van der Waals surface area contributed by atoms with Gasteiger partial charge in [0.15, 0.2) is 0 Å². The van der Waals surface area contributed by atoms with E-state index < -0.39 is 12.0 Å². The smallest absolute Gasteiger partial charge is 0.326 e. The van der Waals surface area contributed by atoms with E-state index in [1.165, 1.54) is 4.90 Å². The van der Waals surface area contributed by atoms with Crippen LogP contribution >= 0.6 is 0 Å². The lowest BCUT2D eigenvalue weighted by molar-refractivity contribution is -0.141. The van der Waals surface area contributed by atoms with Gasteiger partial charge in [-0.25, -0.2) is 9.59 Å². The Morgan fingerprint density at radius 1 is 1.32 bits per heavy atom. The summed E-state index contributed by atoms with van der Waals surface area (Å²) in [4.78, 5) is 24.7. The molecule has 0 saturated carbocycles. The maximum atomic E-state index is 12.2. The molecule has 1 saturated heterocycles. The van der Waals surface area contributed by atoms with Crippen LogP contribution in [-0.2, 0) is 4.79 Å². The first-order valence-electron chi connectivity index (χ1n) is 6.37. The van der Waals surface area contributed by atoms with E-state index >= 15 is 0 Å². The summed E-state index contributed by atoms with van der Waals surface area (Å²) >= 11 is 0. The van der Waals surface area contributed by atoms with Gasteiger partial charge in [-0.1, -0.05) is 18.2 Å². The summed E-state index contributed by atoms with van der Waals surface area (Å²) in [7, 11) is 0. The lowest BCUT2D eigenvalue weighted by Gasteiger charge is -2.23. The van der Waals surface area contributed by atoms with Gasteiger partial charge in [-0.2, -0.15) is 0 Å². The topological polar surface area (TPSA) is 69.6 Å². The Balaban J connectivity index is 2.15. The number of nitrogens with one attached hydrogen (secondary N) is 1. The molecule has 1 unspecified atom stereocenters. The van der Waals surface area contributed by atoms with Crippen LogP contribution in [0.2, 0.25) is 0 Å². The zero-order valence-electron chi connectivity index (χ0n) is 11.1. The minimum Gasteiger partial charge on any atom is -0.480 e. The van der Waals surface area contributed by atoms with Gasteiger partial charge >= 0.3 is 12.0 Å². The Labute approximate surface area is 112 Å². The molecule has 1 atom stereocenters. The average molecular weight is 262 g/mol. The summed E-state index contributed by atoms with van der Waals surface area (Å²) < 4.78 is 0. The number of carboxylic acid groups (broad SMARTS) is 1. The van der Waals surface area contributed by atoms with Crippen LogP contribution in [-0.4, -0.2) is 34.6 Å². The number of nitrogens with zero attached hydrogens (tertiary/aromatic N) is 1. The number of rotatable bonds is 2. The molecule has 1 heterocycles. The lowest BCUT2D eigenvalue weighted by Crippen LogP contribution is -2.43. The van der Waals surface area contributed by atoms with Crippen LogP contribution in [0.15, 0.2) is 18.2 Å². The van der Waals surface area contributed by atoms with Crippen LogP contribution in [0.3, 0.4) is 0 Å².